The van der Waals surface area contributed by atoms with Gasteiger partial charge in [-0.05, 0) is 134 Å². The Bertz CT molecular complexity index is 2830. The Balaban J connectivity index is 0.948. The fraction of sp³-hybridized carbons (Fsp3) is 0.0370. The molecule has 0 saturated heterocycles. The molecule has 266 valence electrons. The van der Waals surface area contributed by atoms with E-state index in [9.17, 15) is 0 Å². The molecule has 0 bridgehead atoms. The van der Waals surface area contributed by atoms with Crippen molar-refractivity contribution in [2.24, 2.45) is 0 Å². The van der Waals surface area contributed by atoms with Crippen molar-refractivity contribution in [2.45, 2.75) is 12.8 Å². The van der Waals surface area contributed by atoms with E-state index >= 15 is 0 Å². The molecule has 2 heteroatoms. The quantitative estimate of drug-likeness (QED) is 0.154. The molecule has 0 fully saturated rings. The number of benzene rings is 9. The van der Waals surface area contributed by atoms with Crippen molar-refractivity contribution in [1.82, 2.24) is 0 Å². The van der Waals surface area contributed by atoms with Crippen LogP contribution in [0.15, 0.2) is 224 Å². The van der Waals surface area contributed by atoms with Crippen LogP contribution < -0.4 is 9.80 Å². The summed E-state index contributed by atoms with van der Waals surface area (Å²) >= 11 is 0. The molecule has 0 spiro atoms. The van der Waals surface area contributed by atoms with E-state index in [2.05, 4.69) is 228 Å². The van der Waals surface area contributed by atoms with Gasteiger partial charge in [-0.25, -0.2) is 0 Å². The summed E-state index contributed by atoms with van der Waals surface area (Å²) in [5.74, 6) is 0. The summed E-state index contributed by atoms with van der Waals surface area (Å²) in [6, 6.07) is 70.4. The van der Waals surface area contributed by atoms with Crippen molar-refractivity contribution >= 4 is 77.6 Å². The Hall–Kier alpha value is -7.16. The average molecular weight is 717 g/mol. The SMILES string of the molecule is C1=C(/C=C\c2ccc(N(c3ccc4ccccc4c3)c3ccc4ccccc4c3)cc2)CCC(N(c2ccc3ccccc3c2)c2ccc3ccccc3c2)=C1. The Kier molecular flexibility index (Phi) is 8.70. The Morgan fingerprint density at radius 3 is 1.07 bits per heavy atom. The van der Waals surface area contributed by atoms with Gasteiger partial charge in [0.2, 0.25) is 0 Å². The highest BCUT2D eigenvalue weighted by Crippen LogP contribution is 2.39. The van der Waals surface area contributed by atoms with Crippen molar-refractivity contribution in [1.29, 1.82) is 0 Å². The summed E-state index contributed by atoms with van der Waals surface area (Å²) in [5, 5.41) is 9.93. The molecule has 2 nitrogen and oxygen atoms in total. The largest absolute Gasteiger partial charge is 0.314 e. The number of anilines is 5. The van der Waals surface area contributed by atoms with E-state index in [1.54, 1.807) is 0 Å². The lowest BCUT2D eigenvalue weighted by molar-refractivity contribution is 0.893. The molecule has 0 aromatic heterocycles. The summed E-state index contributed by atoms with van der Waals surface area (Å²) < 4.78 is 0. The van der Waals surface area contributed by atoms with Crippen LogP contribution in [-0.2, 0) is 0 Å². The number of nitrogens with zero attached hydrogens (tertiary/aromatic N) is 2. The van der Waals surface area contributed by atoms with Crippen molar-refractivity contribution in [3.05, 3.63) is 229 Å². The van der Waals surface area contributed by atoms with Gasteiger partial charge in [-0.15, -0.1) is 0 Å². The van der Waals surface area contributed by atoms with Gasteiger partial charge in [-0.3, -0.25) is 0 Å². The van der Waals surface area contributed by atoms with Crippen molar-refractivity contribution in [3.63, 3.8) is 0 Å². The molecule has 0 amide bonds. The highest BCUT2D eigenvalue weighted by Gasteiger charge is 2.18. The molecule has 0 saturated carbocycles. The predicted octanol–water partition coefficient (Wildman–Crippen LogP) is 15.2. The monoisotopic (exact) mass is 716 g/mol. The molecule has 1 aliphatic rings. The molecular formula is C54H40N2. The first-order valence-corrected chi connectivity index (χ1v) is 19.5. The minimum atomic E-state index is 0.946. The van der Waals surface area contributed by atoms with Gasteiger partial charge in [-0.1, -0.05) is 152 Å². The molecule has 0 atom stereocenters. The fourth-order valence-electron chi connectivity index (χ4n) is 8.10. The first-order valence-electron chi connectivity index (χ1n) is 19.5. The molecule has 0 aliphatic heterocycles. The lowest BCUT2D eigenvalue weighted by atomic mass is 9.99. The second-order valence-corrected chi connectivity index (χ2v) is 14.6. The lowest BCUT2D eigenvalue weighted by Crippen LogP contribution is -2.17. The number of allylic oxidation sites excluding steroid dienone is 5. The highest BCUT2D eigenvalue weighted by atomic mass is 15.2. The lowest BCUT2D eigenvalue weighted by Gasteiger charge is -2.30. The first kappa shape index (κ1) is 33.4. The number of hydrogen-bond donors (Lipinski definition) is 0. The molecular weight excluding hydrogens is 677 g/mol. The third-order valence-electron chi connectivity index (χ3n) is 11.1. The highest BCUT2D eigenvalue weighted by molar-refractivity contribution is 5.93. The molecule has 0 unspecified atom stereocenters. The van der Waals surface area contributed by atoms with Gasteiger partial charge in [0.05, 0.1) is 0 Å². The second kappa shape index (κ2) is 14.6. The van der Waals surface area contributed by atoms with Crippen LogP contribution in [0.2, 0.25) is 0 Å². The minimum Gasteiger partial charge on any atom is -0.314 e. The third-order valence-corrected chi connectivity index (χ3v) is 11.1. The topological polar surface area (TPSA) is 6.48 Å². The number of hydrogen-bond acceptors (Lipinski definition) is 2. The maximum absolute atomic E-state index is 2.44. The number of fused-ring (bicyclic) bond motifs is 4. The van der Waals surface area contributed by atoms with Crippen LogP contribution in [0, 0.1) is 0 Å². The van der Waals surface area contributed by atoms with E-state index in [1.165, 1.54) is 71.3 Å². The smallest absolute Gasteiger partial charge is 0.0468 e. The van der Waals surface area contributed by atoms with Gasteiger partial charge in [0.15, 0.2) is 0 Å². The molecule has 56 heavy (non-hydrogen) atoms. The van der Waals surface area contributed by atoms with Crippen LogP contribution in [0.5, 0.6) is 0 Å². The summed E-state index contributed by atoms with van der Waals surface area (Å²) in [6.07, 6.45) is 11.0. The summed E-state index contributed by atoms with van der Waals surface area (Å²) in [4.78, 5) is 4.80. The van der Waals surface area contributed by atoms with E-state index in [0.29, 0.717) is 0 Å². The van der Waals surface area contributed by atoms with Gasteiger partial charge in [0, 0.05) is 34.1 Å². The zero-order chi connectivity index (χ0) is 37.3. The van der Waals surface area contributed by atoms with Gasteiger partial charge < -0.3 is 9.80 Å². The van der Waals surface area contributed by atoms with Crippen molar-refractivity contribution < 1.29 is 0 Å². The molecule has 0 N–H and O–H groups in total. The molecule has 0 radical (unpaired) electrons. The molecule has 9 aromatic rings. The van der Waals surface area contributed by atoms with Crippen LogP contribution in [0.1, 0.15) is 18.4 Å². The van der Waals surface area contributed by atoms with Gasteiger partial charge >= 0.3 is 0 Å². The van der Waals surface area contributed by atoms with Gasteiger partial charge in [0.1, 0.15) is 0 Å². The Morgan fingerprint density at radius 2 is 0.679 bits per heavy atom. The summed E-state index contributed by atoms with van der Waals surface area (Å²) in [6.45, 7) is 0. The Morgan fingerprint density at radius 1 is 0.304 bits per heavy atom. The van der Waals surface area contributed by atoms with Crippen LogP contribution in [0.4, 0.5) is 28.4 Å². The second-order valence-electron chi connectivity index (χ2n) is 14.6. The van der Waals surface area contributed by atoms with Crippen LogP contribution in [-0.4, -0.2) is 0 Å². The number of rotatable bonds is 8. The van der Waals surface area contributed by atoms with E-state index < -0.39 is 0 Å². The van der Waals surface area contributed by atoms with Gasteiger partial charge in [0.25, 0.3) is 0 Å². The predicted molar refractivity (Wildman–Crippen MR) is 241 cm³/mol. The summed E-state index contributed by atoms with van der Waals surface area (Å²) in [7, 11) is 0. The van der Waals surface area contributed by atoms with E-state index in [1.807, 2.05) is 0 Å². The fourth-order valence-corrected chi connectivity index (χ4v) is 8.10. The molecule has 1 aliphatic carbocycles. The van der Waals surface area contributed by atoms with Gasteiger partial charge in [-0.2, -0.15) is 0 Å². The summed E-state index contributed by atoms with van der Waals surface area (Å²) in [5.41, 5.74) is 9.55. The zero-order valence-electron chi connectivity index (χ0n) is 31.1. The average Bonchev–Trinajstić information content (AvgIpc) is 3.26. The first-order chi connectivity index (χ1) is 27.7. The van der Waals surface area contributed by atoms with E-state index in [-0.39, 0.29) is 0 Å². The molecule has 10 rings (SSSR count). The molecule has 9 aromatic carbocycles. The third kappa shape index (κ3) is 6.63. The van der Waals surface area contributed by atoms with Crippen LogP contribution in [0.3, 0.4) is 0 Å². The maximum atomic E-state index is 2.44. The van der Waals surface area contributed by atoms with Crippen molar-refractivity contribution in [3.8, 4) is 0 Å². The van der Waals surface area contributed by atoms with Crippen LogP contribution >= 0.6 is 0 Å². The minimum absolute atomic E-state index is 0.946. The van der Waals surface area contributed by atoms with E-state index in [4.69, 9.17) is 0 Å². The Labute approximate surface area is 328 Å². The van der Waals surface area contributed by atoms with Crippen molar-refractivity contribution in [2.75, 3.05) is 9.80 Å². The zero-order valence-corrected chi connectivity index (χ0v) is 31.1. The maximum Gasteiger partial charge on any atom is 0.0468 e. The van der Waals surface area contributed by atoms with Crippen LogP contribution in [0.25, 0.3) is 49.2 Å². The normalized spacial score (nSPS) is 13.0. The molecule has 0 heterocycles. The van der Waals surface area contributed by atoms with E-state index in [0.717, 1.165) is 29.9 Å². The standard InChI is InChI=1S/C54H40N2/c1-5-13-45-35-51(31-23-41(45)9-1)55(52-32-24-42-10-2-6-14-46(42)36-52)49-27-19-39(20-28-49)17-18-40-21-29-50(30-22-40)56(53-33-25-43-11-3-7-15-47(43)37-53)54-34-26-44-12-4-8-16-48(44)38-54/h1-21,23-29,31-38H,22,30H2/b18-17-.